The molecule has 4 nitrogen and oxygen atoms in total. The fourth-order valence-corrected chi connectivity index (χ4v) is 3.05. The van der Waals surface area contributed by atoms with Crippen molar-refractivity contribution in [2.24, 2.45) is 0 Å². The van der Waals surface area contributed by atoms with Gasteiger partial charge in [0.2, 0.25) is 0 Å². The van der Waals surface area contributed by atoms with Crippen LogP contribution in [0.1, 0.15) is 28.2 Å². The average Bonchev–Trinajstić information content (AvgIpc) is 2.99. The number of rotatable bonds is 7. The van der Waals surface area contributed by atoms with Crippen LogP contribution in [0, 0.1) is 0 Å². The van der Waals surface area contributed by atoms with E-state index in [1.54, 1.807) is 24.3 Å². The average molecular weight is 352 g/mol. The number of thiophene rings is 1. The molecule has 23 heavy (non-hydrogen) atoms. The molecular weight excluding hydrogens is 334 g/mol. The van der Waals surface area contributed by atoms with Crippen LogP contribution < -0.4 is 14.8 Å². The molecule has 0 saturated heterocycles. The summed E-state index contributed by atoms with van der Waals surface area (Å²) in [5.41, 5.74) is 0.502. The Kier molecular flexibility index (Phi) is 6.07. The highest BCUT2D eigenvalue weighted by atomic mass is 35.5. The number of amides is 1. The van der Waals surface area contributed by atoms with E-state index in [2.05, 4.69) is 11.9 Å². The van der Waals surface area contributed by atoms with Crippen molar-refractivity contribution in [2.75, 3.05) is 13.7 Å². The molecule has 122 valence electrons. The molecule has 1 aromatic heterocycles. The lowest BCUT2D eigenvalue weighted by Gasteiger charge is -2.14. The molecular formula is C17H18ClNO3S. The van der Waals surface area contributed by atoms with Crippen molar-refractivity contribution in [2.45, 2.75) is 13.0 Å². The molecule has 1 heterocycles. The summed E-state index contributed by atoms with van der Waals surface area (Å²) in [7, 11) is 1.54. The van der Waals surface area contributed by atoms with Gasteiger partial charge in [0.15, 0.2) is 11.5 Å². The molecule has 0 aliphatic carbocycles. The number of methoxy groups -OCH3 is 1. The minimum Gasteiger partial charge on any atom is -0.493 e. The Hall–Kier alpha value is -1.98. The summed E-state index contributed by atoms with van der Waals surface area (Å²) < 4.78 is 11.4. The lowest BCUT2D eigenvalue weighted by atomic mass is 10.1. The number of hydrogen-bond acceptors (Lipinski definition) is 4. The van der Waals surface area contributed by atoms with Gasteiger partial charge in [0.1, 0.15) is 6.61 Å². The maximum Gasteiger partial charge on any atom is 0.251 e. The Morgan fingerprint density at radius 1 is 1.39 bits per heavy atom. The van der Waals surface area contributed by atoms with Crippen LogP contribution >= 0.6 is 22.9 Å². The molecule has 0 aliphatic rings. The molecule has 2 aromatic rings. The topological polar surface area (TPSA) is 47.6 Å². The first-order valence-electron chi connectivity index (χ1n) is 7.03. The van der Waals surface area contributed by atoms with Gasteiger partial charge in [-0.25, -0.2) is 0 Å². The van der Waals surface area contributed by atoms with Crippen molar-refractivity contribution in [3.8, 4) is 11.5 Å². The van der Waals surface area contributed by atoms with Crippen LogP contribution in [0.4, 0.5) is 0 Å². The largest absolute Gasteiger partial charge is 0.493 e. The maximum absolute atomic E-state index is 12.4. The summed E-state index contributed by atoms with van der Waals surface area (Å²) in [6, 6.07) is 8.67. The normalized spacial score (nSPS) is 11.6. The minimum atomic E-state index is -0.185. The second kappa shape index (κ2) is 8.04. The standard InChI is InChI=1S/C17H18ClNO3S/c1-4-9-22-13-6-5-12(10-14(13)21-3)17(20)19-11(2)15-7-8-16(18)23-15/h4-8,10-11H,1,9H2,2-3H3,(H,19,20). The summed E-state index contributed by atoms with van der Waals surface area (Å²) in [6.07, 6.45) is 1.65. The summed E-state index contributed by atoms with van der Waals surface area (Å²) >= 11 is 7.37. The monoisotopic (exact) mass is 351 g/mol. The summed E-state index contributed by atoms with van der Waals surface area (Å²) in [4.78, 5) is 13.4. The number of nitrogens with one attached hydrogen (secondary N) is 1. The van der Waals surface area contributed by atoms with E-state index in [0.29, 0.717) is 28.0 Å². The van der Waals surface area contributed by atoms with Crippen molar-refractivity contribution in [1.29, 1.82) is 0 Å². The molecule has 1 aromatic carbocycles. The molecule has 0 spiro atoms. The smallest absolute Gasteiger partial charge is 0.251 e. The van der Waals surface area contributed by atoms with E-state index in [-0.39, 0.29) is 11.9 Å². The van der Waals surface area contributed by atoms with Gasteiger partial charge in [0.05, 0.1) is 17.5 Å². The first kappa shape index (κ1) is 17.4. The number of carbonyl (C=O) groups is 1. The second-order valence-corrected chi connectivity index (χ2v) is 6.55. The van der Waals surface area contributed by atoms with Gasteiger partial charge >= 0.3 is 0 Å². The summed E-state index contributed by atoms with van der Waals surface area (Å²) in [5.74, 6) is 0.893. The predicted octanol–water partition coefficient (Wildman–Crippen LogP) is 4.47. The SMILES string of the molecule is C=CCOc1ccc(C(=O)NC(C)c2ccc(Cl)s2)cc1OC. The zero-order chi connectivity index (χ0) is 16.8. The third-order valence-electron chi connectivity index (χ3n) is 3.15. The first-order chi connectivity index (χ1) is 11.0. The van der Waals surface area contributed by atoms with E-state index >= 15 is 0 Å². The van der Waals surface area contributed by atoms with Crippen LogP contribution in [-0.4, -0.2) is 19.6 Å². The zero-order valence-electron chi connectivity index (χ0n) is 13.0. The Morgan fingerprint density at radius 3 is 2.78 bits per heavy atom. The van der Waals surface area contributed by atoms with E-state index in [1.807, 2.05) is 19.1 Å². The molecule has 0 aliphatic heterocycles. The number of hydrogen-bond donors (Lipinski definition) is 1. The van der Waals surface area contributed by atoms with E-state index < -0.39 is 0 Å². The summed E-state index contributed by atoms with van der Waals surface area (Å²) in [5, 5.41) is 2.94. The molecule has 6 heteroatoms. The van der Waals surface area contributed by atoms with E-state index in [1.165, 1.54) is 18.4 Å². The van der Waals surface area contributed by atoms with E-state index in [9.17, 15) is 4.79 Å². The van der Waals surface area contributed by atoms with Gasteiger partial charge < -0.3 is 14.8 Å². The Morgan fingerprint density at radius 2 is 2.17 bits per heavy atom. The van der Waals surface area contributed by atoms with Crippen molar-refractivity contribution in [3.63, 3.8) is 0 Å². The van der Waals surface area contributed by atoms with Gasteiger partial charge in [-0.3, -0.25) is 4.79 Å². The molecule has 0 fully saturated rings. The van der Waals surface area contributed by atoms with Gasteiger partial charge in [-0.1, -0.05) is 24.3 Å². The predicted molar refractivity (Wildman–Crippen MR) is 93.9 cm³/mol. The Labute approximate surface area is 144 Å². The Bertz CT molecular complexity index is 699. The van der Waals surface area contributed by atoms with Crippen LogP contribution in [0.5, 0.6) is 11.5 Å². The fourth-order valence-electron chi connectivity index (χ4n) is 1.99. The van der Waals surface area contributed by atoms with Gasteiger partial charge in [-0.05, 0) is 37.3 Å². The molecule has 2 rings (SSSR count). The molecule has 0 bridgehead atoms. The van der Waals surface area contributed by atoms with Gasteiger partial charge in [-0.15, -0.1) is 11.3 Å². The molecule has 1 N–H and O–H groups in total. The molecule has 1 unspecified atom stereocenters. The zero-order valence-corrected chi connectivity index (χ0v) is 14.5. The lowest BCUT2D eigenvalue weighted by molar-refractivity contribution is 0.0940. The third kappa shape index (κ3) is 4.50. The van der Waals surface area contributed by atoms with Crippen LogP contribution in [0.25, 0.3) is 0 Å². The van der Waals surface area contributed by atoms with E-state index in [0.717, 1.165) is 4.88 Å². The highest BCUT2D eigenvalue weighted by Gasteiger charge is 2.15. The quantitative estimate of drug-likeness (QED) is 0.749. The lowest BCUT2D eigenvalue weighted by Crippen LogP contribution is -2.26. The second-order valence-electron chi connectivity index (χ2n) is 4.80. The number of ether oxygens (including phenoxy) is 2. The maximum atomic E-state index is 12.4. The number of halogens is 1. The molecule has 1 amide bonds. The van der Waals surface area contributed by atoms with Gasteiger partial charge in [-0.2, -0.15) is 0 Å². The summed E-state index contributed by atoms with van der Waals surface area (Å²) in [6.45, 7) is 5.89. The van der Waals surface area contributed by atoms with Crippen LogP contribution in [0.2, 0.25) is 4.34 Å². The van der Waals surface area contributed by atoms with Gasteiger partial charge in [0, 0.05) is 10.4 Å². The third-order valence-corrected chi connectivity index (χ3v) is 4.56. The van der Waals surface area contributed by atoms with Crippen molar-refractivity contribution < 1.29 is 14.3 Å². The number of carbonyl (C=O) groups excluding carboxylic acids is 1. The van der Waals surface area contributed by atoms with E-state index in [4.69, 9.17) is 21.1 Å². The minimum absolute atomic E-state index is 0.123. The van der Waals surface area contributed by atoms with Crippen LogP contribution in [-0.2, 0) is 0 Å². The Balaban J connectivity index is 2.11. The molecule has 0 radical (unpaired) electrons. The van der Waals surface area contributed by atoms with Crippen molar-refractivity contribution in [3.05, 3.63) is 57.8 Å². The van der Waals surface area contributed by atoms with Crippen molar-refractivity contribution in [1.82, 2.24) is 5.32 Å². The van der Waals surface area contributed by atoms with Crippen LogP contribution in [0.15, 0.2) is 43.0 Å². The number of benzene rings is 1. The van der Waals surface area contributed by atoms with Crippen molar-refractivity contribution >= 4 is 28.8 Å². The highest BCUT2D eigenvalue weighted by Crippen LogP contribution is 2.29. The fraction of sp³-hybridized carbons (Fsp3) is 0.235. The van der Waals surface area contributed by atoms with Gasteiger partial charge in [0.25, 0.3) is 5.91 Å². The molecule has 1 atom stereocenters. The van der Waals surface area contributed by atoms with Crippen LogP contribution in [0.3, 0.4) is 0 Å². The molecule has 0 saturated carbocycles. The highest BCUT2D eigenvalue weighted by molar-refractivity contribution is 7.16. The first-order valence-corrected chi connectivity index (χ1v) is 8.22.